The molecular weight excluding hydrogens is 317 g/mol. The molecule has 4 nitrogen and oxygen atoms in total. The minimum Gasteiger partial charge on any atom is -0.445 e. The van der Waals surface area contributed by atoms with Crippen molar-refractivity contribution in [3.05, 3.63) is 52.0 Å². The molecule has 1 unspecified atom stereocenters. The fourth-order valence-corrected chi connectivity index (χ4v) is 2.45. The largest absolute Gasteiger partial charge is 0.445 e. The maximum atomic E-state index is 12.5. The van der Waals surface area contributed by atoms with Crippen molar-refractivity contribution >= 4 is 17.4 Å². The Morgan fingerprint density at radius 3 is 2.64 bits per heavy atom. The van der Waals surface area contributed by atoms with E-state index in [9.17, 15) is 18.0 Å². The highest BCUT2D eigenvalue weighted by molar-refractivity contribution is 7.09. The zero-order valence-electron chi connectivity index (χ0n) is 11.6. The summed E-state index contributed by atoms with van der Waals surface area (Å²) < 4.78 is 42.4. The second-order valence-electron chi connectivity index (χ2n) is 4.50. The van der Waals surface area contributed by atoms with Crippen LogP contribution in [0.1, 0.15) is 29.2 Å². The number of halogens is 3. The molecule has 1 aromatic heterocycles. The Morgan fingerprint density at radius 1 is 1.36 bits per heavy atom. The van der Waals surface area contributed by atoms with E-state index in [-0.39, 0.29) is 11.6 Å². The van der Waals surface area contributed by atoms with Crippen molar-refractivity contribution in [2.24, 2.45) is 0 Å². The molecule has 0 aliphatic rings. The van der Waals surface area contributed by atoms with Crippen LogP contribution in [0.2, 0.25) is 0 Å². The van der Waals surface area contributed by atoms with E-state index in [1.54, 1.807) is 19.1 Å². The number of alkyl carbamates (subject to hydrolysis) is 1. The molecule has 1 atom stereocenters. The van der Waals surface area contributed by atoms with E-state index >= 15 is 0 Å². The van der Waals surface area contributed by atoms with E-state index < -0.39 is 24.0 Å². The van der Waals surface area contributed by atoms with Crippen LogP contribution in [0.5, 0.6) is 0 Å². The minimum absolute atomic E-state index is 0.0884. The minimum atomic E-state index is -4.48. The average molecular weight is 330 g/mol. The van der Waals surface area contributed by atoms with Crippen LogP contribution in [0, 0.1) is 0 Å². The molecule has 0 saturated heterocycles. The number of hydrogen-bond donors (Lipinski definition) is 1. The highest BCUT2D eigenvalue weighted by atomic mass is 32.1. The first kappa shape index (κ1) is 16.3. The lowest BCUT2D eigenvalue weighted by Crippen LogP contribution is -2.27. The van der Waals surface area contributed by atoms with Crippen LogP contribution < -0.4 is 5.32 Å². The first-order valence-corrected chi connectivity index (χ1v) is 7.24. The van der Waals surface area contributed by atoms with Gasteiger partial charge in [-0.2, -0.15) is 13.2 Å². The molecule has 8 heteroatoms. The molecule has 1 N–H and O–H groups in total. The van der Waals surface area contributed by atoms with Crippen molar-refractivity contribution in [3.63, 3.8) is 0 Å². The molecule has 22 heavy (non-hydrogen) atoms. The predicted molar refractivity (Wildman–Crippen MR) is 75.3 cm³/mol. The molecule has 118 valence electrons. The van der Waals surface area contributed by atoms with Crippen molar-refractivity contribution in [2.45, 2.75) is 25.7 Å². The number of carbonyl (C=O) groups is 1. The van der Waals surface area contributed by atoms with Crippen LogP contribution in [0.25, 0.3) is 0 Å². The Labute approximate surface area is 128 Å². The zero-order chi connectivity index (χ0) is 16.2. The number of benzene rings is 1. The molecule has 0 aliphatic heterocycles. The van der Waals surface area contributed by atoms with Gasteiger partial charge in [-0.1, -0.05) is 30.3 Å². The fraction of sp³-hybridized carbons (Fsp3) is 0.286. The van der Waals surface area contributed by atoms with Gasteiger partial charge in [0.25, 0.3) is 0 Å². The Kier molecular flexibility index (Phi) is 5.02. The fourth-order valence-electron chi connectivity index (χ4n) is 1.62. The summed E-state index contributed by atoms with van der Waals surface area (Å²) in [5.41, 5.74) is -0.141. The van der Waals surface area contributed by atoms with Crippen LogP contribution in [-0.2, 0) is 17.5 Å². The van der Waals surface area contributed by atoms with E-state index in [1.807, 2.05) is 18.2 Å². The molecule has 0 bridgehead atoms. The molecule has 0 radical (unpaired) electrons. The molecule has 2 aromatic rings. The summed E-state index contributed by atoms with van der Waals surface area (Å²) in [5, 5.41) is 3.54. The van der Waals surface area contributed by atoms with Gasteiger partial charge in [0.2, 0.25) is 0 Å². The van der Waals surface area contributed by atoms with E-state index in [0.717, 1.165) is 22.3 Å². The second-order valence-corrected chi connectivity index (χ2v) is 5.39. The van der Waals surface area contributed by atoms with Gasteiger partial charge >= 0.3 is 12.3 Å². The Balaban J connectivity index is 1.87. The van der Waals surface area contributed by atoms with Crippen LogP contribution in [0.15, 0.2) is 35.7 Å². The van der Waals surface area contributed by atoms with Gasteiger partial charge in [-0.15, -0.1) is 11.3 Å². The van der Waals surface area contributed by atoms with E-state index in [0.29, 0.717) is 0 Å². The van der Waals surface area contributed by atoms with Crippen molar-refractivity contribution in [3.8, 4) is 0 Å². The number of nitrogens with zero attached hydrogens (tertiary/aromatic N) is 1. The van der Waals surface area contributed by atoms with Crippen LogP contribution in [-0.4, -0.2) is 11.1 Å². The van der Waals surface area contributed by atoms with Gasteiger partial charge in [0.1, 0.15) is 11.6 Å². The highest BCUT2D eigenvalue weighted by Crippen LogP contribution is 2.31. The summed E-state index contributed by atoms with van der Waals surface area (Å²) in [6, 6.07) is 8.40. The molecule has 1 aromatic carbocycles. The lowest BCUT2D eigenvalue weighted by atomic mass is 10.2. The van der Waals surface area contributed by atoms with Crippen molar-refractivity contribution in [2.75, 3.05) is 0 Å². The summed E-state index contributed by atoms with van der Waals surface area (Å²) in [4.78, 5) is 15.1. The van der Waals surface area contributed by atoms with Gasteiger partial charge in [0, 0.05) is 5.38 Å². The topological polar surface area (TPSA) is 51.2 Å². The zero-order valence-corrected chi connectivity index (χ0v) is 12.4. The van der Waals surface area contributed by atoms with Crippen LogP contribution >= 0.6 is 11.3 Å². The highest BCUT2D eigenvalue weighted by Gasteiger charge is 2.34. The normalized spacial score (nSPS) is 12.7. The van der Waals surface area contributed by atoms with Gasteiger partial charge in [-0.05, 0) is 12.5 Å². The number of nitrogens with one attached hydrogen (secondary N) is 1. The molecule has 1 amide bonds. The van der Waals surface area contributed by atoms with Gasteiger partial charge in [0.05, 0.1) is 6.04 Å². The van der Waals surface area contributed by atoms with Gasteiger partial charge < -0.3 is 10.1 Å². The third-order valence-electron chi connectivity index (χ3n) is 2.73. The number of thiazole rings is 1. The van der Waals surface area contributed by atoms with E-state index in [4.69, 9.17) is 4.74 Å². The molecule has 0 aliphatic carbocycles. The maximum Gasteiger partial charge on any atom is 0.434 e. The van der Waals surface area contributed by atoms with Crippen molar-refractivity contribution < 1.29 is 22.7 Å². The third kappa shape index (κ3) is 4.45. The summed E-state index contributed by atoms with van der Waals surface area (Å²) in [6.07, 6.45) is -5.19. The number of aromatic nitrogens is 1. The van der Waals surface area contributed by atoms with Crippen molar-refractivity contribution in [1.82, 2.24) is 10.3 Å². The smallest absolute Gasteiger partial charge is 0.434 e. The summed E-state index contributed by atoms with van der Waals surface area (Å²) in [6.45, 7) is 1.63. The van der Waals surface area contributed by atoms with E-state index in [1.165, 1.54) is 0 Å². The number of alkyl halides is 3. The Hall–Kier alpha value is -2.09. The molecule has 0 fully saturated rings. The summed E-state index contributed by atoms with van der Waals surface area (Å²) >= 11 is 0.840. The second kappa shape index (κ2) is 6.78. The van der Waals surface area contributed by atoms with Gasteiger partial charge in [-0.25, -0.2) is 9.78 Å². The first-order valence-electron chi connectivity index (χ1n) is 6.36. The Bertz CT molecular complexity index is 629. The Morgan fingerprint density at radius 2 is 2.05 bits per heavy atom. The number of hydrogen-bond acceptors (Lipinski definition) is 4. The molecule has 2 rings (SSSR count). The average Bonchev–Trinajstić information content (AvgIpc) is 2.96. The molecule has 0 saturated carbocycles. The predicted octanol–water partition coefficient (Wildman–Crippen LogP) is 4.15. The monoisotopic (exact) mass is 330 g/mol. The number of rotatable bonds is 4. The SMILES string of the molecule is CC(NC(=O)OCc1ccccc1)c1nc(C(F)(F)F)cs1. The lowest BCUT2D eigenvalue weighted by Gasteiger charge is -2.11. The number of ether oxygens (including phenoxy) is 1. The molecule has 1 heterocycles. The third-order valence-corrected chi connectivity index (χ3v) is 3.76. The van der Waals surface area contributed by atoms with Crippen molar-refractivity contribution in [1.29, 1.82) is 0 Å². The van der Waals surface area contributed by atoms with Crippen LogP contribution in [0.3, 0.4) is 0 Å². The molecular formula is C14H13F3N2O2S. The van der Waals surface area contributed by atoms with E-state index in [2.05, 4.69) is 10.3 Å². The summed E-state index contributed by atoms with van der Waals surface area (Å²) in [5.74, 6) is 0. The van der Waals surface area contributed by atoms with Crippen LogP contribution in [0.4, 0.5) is 18.0 Å². The standard InChI is InChI=1S/C14H13F3N2O2S/c1-9(12-19-11(8-22-12)14(15,16)17)18-13(20)21-7-10-5-3-2-4-6-10/h2-6,8-9H,7H2,1H3,(H,18,20). The summed E-state index contributed by atoms with van der Waals surface area (Å²) in [7, 11) is 0. The quantitative estimate of drug-likeness (QED) is 0.916. The number of carbonyl (C=O) groups excluding carboxylic acids is 1. The lowest BCUT2D eigenvalue weighted by molar-refractivity contribution is -0.140. The number of amides is 1. The maximum absolute atomic E-state index is 12.5. The van der Waals surface area contributed by atoms with Gasteiger partial charge in [-0.3, -0.25) is 0 Å². The first-order chi connectivity index (χ1) is 10.4. The van der Waals surface area contributed by atoms with Gasteiger partial charge in [0.15, 0.2) is 5.69 Å². The molecule has 0 spiro atoms.